The lowest BCUT2D eigenvalue weighted by Crippen LogP contribution is -2.00. The summed E-state index contributed by atoms with van der Waals surface area (Å²) in [6.07, 6.45) is 4.74. The van der Waals surface area contributed by atoms with Gasteiger partial charge < -0.3 is 0 Å². The molecule has 2 nitrogen and oxygen atoms in total. The van der Waals surface area contributed by atoms with E-state index in [1.54, 1.807) is 6.08 Å². The van der Waals surface area contributed by atoms with Crippen molar-refractivity contribution in [1.29, 1.82) is 0 Å². The maximum Gasteiger partial charge on any atom is 0.145 e. The molecule has 0 aliphatic heterocycles. The zero-order valence-corrected chi connectivity index (χ0v) is 6.67. The highest BCUT2D eigenvalue weighted by molar-refractivity contribution is 5.84. The van der Waals surface area contributed by atoms with Crippen molar-refractivity contribution in [3.63, 3.8) is 0 Å². The lowest BCUT2D eigenvalue weighted by molar-refractivity contribution is -0.117. The van der Waals surface area contributed by atoms with Gasteiger partial charge in [-0.15, -0.1) is 0 Å². The van der Waals surface area contributed by atoms with E-state index in [4.69, 9.17) is 0 Å². The van der Waals surface area contributed by atoms with Crippen molar-refractivity contribution in [2.45, 2.75) is 26.2 Å². The van der Waals surface area contributed by atoms with Gasteiger partial charge in [0.2, 0.25) is 0 Å². The third-order valence-corrected chi connectivity index (χ3v) is 2.19. The van der Waals surface area contributed by atoms with Crippen LogP contribution in [0.5, 0.6) is 0 Å². The second-order valence-electron chi connectivity index (χ2n) is 2.88. The molecule has 0 radical (unpaired) electrons. The molecule has 0 amide bonds. The molecule has 0 aromatic rings. The Labute approximate surface area is 66.3 Å². The number of Topliss-reactive ketones (excluding diaryl/α,β-unsaturated/α-hetero) is 1. The first-order valence-corrected chi connectivity index (χ1v) is 3.91. The van der Waals surface area contributed by atoms with E-state index in [9.17, 15) is 9.59 Å². The molecule has 0 unspecified atom stereocenters. The largest absolute Gasteiger partial charge is 0.300 e. The maximum atomic E-state index is 10.8. The summed E-state index contributed by atoms with van der Waals surface area (Å²) in [4.78, 5) is 21.3. The number of ketones is 1. The van der Waals surface area contributed by atoms with Crippen LogP contribution in [0.2, 0.25) is 0 Å². The van der Waals surface area contributed by atoms with Crippen LogP contribution in [0, 0.1) is 5.92 Å². The number of carbonyl (C=O) groups is 2. The first kappa shape index (κ1) is 8.18. The third kappa shape index (κ3) is 1.76. The van der Waals surface area contributed by atoms with Crippen molar-refractivity contribution in [2.75, 3.05) is 0 Å². The van der Waals surface area contributed by atoms with E-state index >= 15 is 0 Å². The minimum atomic E-state index is 0.213. The van der Waals surface area contributed by atoms with Gasteiger partial charge in [-0.1, -0.05) is 6.08 Å². The molecule has 0 N–H and O–H groups in total. The van der Waals surface area contributed by atoms with Gasteiger partial charge in [0, 0.05) is 12.8 Å². The molecule has 0 heterocycles. The Bertz CT molecular complexity index is 204. The number of hydrogen-bond donors (Lipinski definition) is 0. The zero-order chi connectivity index (χ0) is 8.27. The summed E-state index contributed by atoms with van der Waals surface area (Å²) in [6.45, 7) is 1.84. The van der Waals surface area contributed by atoms with Crippen LogP contribution in [0.1, 0.15) is 26.2 Å². The molecule has 11 heavy (non-hydrogen) atoms. The Balaban J connectivity index is 2.61. The molecule has 1 rings (SSSR count). The average Bonchev–Trinajstić information content (AvgIpc) is 2.39. The summed E-state index contributed by atoms with van der Waals surface area (Å²) in [7, 11) is 0. The molecule has 0 bridgehead atoms. The van der Waals surface area contributed by atoms with Crippen LogP contribution in [0.25, 0.3) is 0 Å². The molecule has 1 saturated carbocycles. The Morgan fingerprint density at radius 2 is 2.36 bits per heavy atom. The minimum absolute atomic E-state index is 0.213. The highest BCUT2D eigenvalue weighted by Gasteiger charge is 2.24. The van der Waals surface area contributed by atoms with E-state index in [-0.39, 0.29) is 11.7 Å². The Morgan fingerprint density at radius 3 is 2.73 bits per heavy atom. The molecule has 1 aliphatic carbocycles. The highest BCUT2D eigenvalue weighted by atomic mass is 16.1. The maximum absolute atomic E-state index is 10.8. The van der Waals surface area contributed by atoms with Crippen LogP contribution in [-0.2, 0) is 9.59 Å². The number of carbonyl (C=O) groups excluding carboxylic acids is 2. The van der Waals surface area contributed by atoms with Crippen LogP contribution in [0.15, 0.2) is 11.6 Å². The Kier molecular flexibility index (Phi) is 2.58. The molecule has 1 aliphatic rings. The van der Waals surface area contributed by atoms with Crippen LogP contribution in [0.3, 0.4) is 0 Å². The van der Waals surface area contributed by atoms with Gasteiger partial charge in [0.1, 0.15) is 12.1 Å². The predicted molar refractivity (Wildman–Crippen MR) is 42.2 cm³/mol. The quantitative estimate of drug-likeness (QED) is 0.444. The molecule has 60 valence electrons. The van der Waals surface area contributed by atoms with Gasteiger partial charge in [0.05, 0.1) is 0 Å². The molecule has 0 saturated heterocycles. The van der Waals surface area contributed by atoms with Crippen LogP contribution < -0.4 is 0 Å². The summed E-state index contributed by atoms with van der Waals surface area (Å²) in [5, 5.41) is 0. The van der Waals surface area contributed by atoms with E-state index in [2.05, 4.69) is 0 Å². The normalized spacial score (nSPS) is 25.7. The number of allylic oxidation sites excluding steroid dienone is 2. The van der Waals surface area contributed by atoms with E-state index in [1.165, 1.54) is 0 Å². The van der Waals surface area contributed by atoms with Gasteiger partial charge >= 0.3 is 0 Å². The van der Waals surface area contributed by atoms with Crippen molar-refractivity contribution >= 4 is 12.1 Å². The van der Waals surface area contributed by atoms with Crippen LogP contribution in [-0.4, -0.2) is 12.1 Å². The fraction of sp³-hybridized carbons (Fsp3) is 0.556. The van der Waals surface area contributed by atoms with Crippen molar-refractivity contribution in [1.82, 2.24) is 0 Å². The van der Waals surface area contributed by atoms with Gasteiger partial charge in [0.15, 0.2) is 0 Å². The summed E-state index contributed by atoms with van der Waals surface area (Å²) < 4.78 is 0. The first-order valence-electron chi connectivity index (χ1n) is 3.91. The summed E-state index contributed by atoms with van der Waals surface area (Å²) in [6, 6.07) is 0. The Hall–Kier alpha value is -0.920. The lowest BCUT2D eigenvalue weighted by Gasteiger charge is -2.04. The van der Waals surface area contributed by atoms with Crippen molar-refractivity contribution in [3.05, 3.63) is 11.6 Å². The number of aldehydes is 1. The van der Waals surface area contributed by atoms with Gasteiger partial charge in [0.25, 0.3) is 0 Å². The minimum Gasteiger partial charge on any atom is -0.300 e. The molecule has 1 atom stereocenters. The SMILES string of the molecule is CC=C(C=O)[C@@H]1CCC(=O)C1. The van der Waals surface area contributed by atoms with Gasteiger partial charge in [-0.25, -0.2) is 0 Å². The van der Waals surface area contributed by atoms with Gasteiger partial charge in [-0.2, -0.15) is 0 Å². The Morgan fingerprint density at radius 1 is 1.64 bits per heavy atom. The molecule has 0 aromatic carbocycles. The molecule has 1 fully saturated rings. The van der Waals surface area contributed by atoms with E-state index < -0.39 is 0 Å². The fourth-order valence-corrected chi connectivity index (χ4v) is 1.50. The average molecular weight is 152 g/mol. The second-order valence-corrected chi connectivity index (χ2v) is 2.88. The van der Waals surface area contributed by atoms with Crippen molar-refractivity contribution in [3.8, 4) is 0 Å². The van der Waals surface area contributed by atoms with E-state index in [1.807, 2.05) is 6.92 Å². The van der Waals surface area contributed by atoms with Gasteiger partial charge in [-0.05, 0) is 24.8 Å². The topological polar surface area (TPSA) is 34.1 Å². The van der Waals surface area contributed by atoms with Crippen LogP contribution >= 0.6 is 0 Å². The molecule has 0 spiro atoms. The number of rotatable bonds is 2. The standard InChI is InChI=1S/C9H12O2/c1-2-7(6-10)8-3-4-9(11)5-8/h2,6,8H,3-5H2,1H3/t8-/m1/s1. The van der Waals surface area contributed by atoms with Gasteiger partial charge in [-0.3, -0.25) is 9.59 Å². The predicted octanol–water partition coefficient (Wildman–Crippen LogP) is 1.50. The highest BCUT2D eigenvalue weighted by Crippen LogP contribution is 2.27. The van der Waals surface area contributed by atoms with Crippen molar-refractivity contribution < 1.29 is 9.59 Å². The monoisotopic (exact) mass is 152 g/mol. The third-order valence-electron chi connectivity index (χ3n) is 2.19. The molecule has 0 aromatic heterocycles. The summed E-state index contributed by atoms with van der Waals surface area (Å²) >= 11 is 0. The fourth-order valence-electron chi connectivity index (χ4n) is 1.50. The van der Waals surface area contributed by atoms with Crippen LogP contribution in [0.4, 0.5) is 0 Å². The lowest BCUT2D eigenvalue weighted by atomic mass is 9.99. The number of hydrogen-bond acceptors (Lipinski definition) is 2. The first-order chi connectivity index (χ1) is 5.27. The summed E-state index contributed by atoms with van der Waals surface area (Å²) in [5.41, 5.74) is 0.788. The smallest absolute Gasteiger partial charge is 0.145 e. The zero-order valence-electron chi connectivity index (χ0n) is 6.67. The van der Waals surface area contributed by atoms with E-state index in [0.717, 1.165) is 18.3 Å². The van der Waals surface area contributed by atoms with Crippen molar-refractivity contribution in [2.24, 2.45) is 5.92 Å². The van der Waals surface area contributed by atoms with E-state index in [0.29, 0.717) is 12.8 Å². The summed E-state index contributed by atoms with van der Waals surface area (Å²) in [5.74, 6) is 0.501. The molecule has 2 heteroatoms. The second kappa shape index (κ2) is 3.46. The molecular weight excluding hydrogens is 140 g/mol. The molecular formula is C9H12O2.